The molecule has 0 aliphatic carbocycles. The van der Waals surface area contributed by atoms with Gasteiger partial charge in [-0.3, -0.25) is 0 Å². The van der Waals surface area contributed by atoms with Crippen LogP contribution in [0.15, 0.2) is 33.5 Å². The lowest BCUT2D eigenvalue weighted by atomic mass is 9.97. The molecule has 0 fully saturated rings. The lowest BCUT2D eigenvalue weighted by Crippen LogP contribution is -2.02. The Morgan fingerprint density at radius 1 is 1.56 bits per heavy atom. The standard InChI is InChI=1S/C12H12BrN3O2/c1-3-9(11(12(17)18)15-16-14)10-5-4-8(13)6-7(10)2/h4-6H,3H2,1-2H3,(H,17,18). The molecule has 0 spiro atoms. The first-order valence-corrected chi connectivity index (χ1v) is 6.08. The third-order valence-corrected chi connectivity index (χ3v) is 2.99. The number of azide groups is 1. The van der Waals surface area contributed by atoms with Crippen LogP contribution in [0.3, 0.4) is 0 Å². The van der Waals surface area contributed by atoms with Crippen LogP contribution in [0.1, 0.15) is 24.5 Å². The Balaban J connectivity index is 3.52. The SMILES string of the molecule is CCC(=C(N=[N+]=[N-])C(=O)O)c1ccc(Br)cc1C. The van der Waals surface area contributed by atoms with E-state index in [2.05, 4.69) is 26.0 Å². The fourth-order valence-electron chi connectivity index (χ4n) is 1.73. The molecule has 0 saturated carbocycles. The van der Waals surface area contributed by atoms with Crippen molar-refractivity contribution in [1.82, 2.24) is 0 Å². The summed E-state index contributed by atoms with van der Waals surface area (Å²) < 4.78 is 0.917. The first kappa shape index (κ1) is 14.3. The monoisotopic (exact) mass is 309 g/mol. The zero-order valence-electron chi connectivity index (χ0n) is 10.0. The molecule has 0 amide bonds. The summed E-state index contributed by atoms with van der Waals surface area (Å²) in [6, 6.07) is 5.53. The quantitative estimate of drug-likeness (QED) is 0.389. The lowest BCUT2D eigenvalue weighted by molar-refractivity contribution is -0.132. The molecule has 94 valence electrons. The second-order valence-electron chi connectivity index (χ2n) is 3.63. The van der Waals surface area contributed by atoms with Gasteiger partial charge in [0.2, 0.25) is 0 Å². The van der Waals surface area contributed by atoms with Crippen molar-refractivity contribution >= 4 is 27.5 Å². The Kier molecular flexibility index (Phi) is 4.95. The van der Waals surface area contributed by atoms with Crippen LogP contribution in [0.5, 0.6) is 0 Å². The van der Waals surface area contributed by atoms with Gasteiger partial charge in [0, 0.05) is 9.38 Å². The van der Waals surface area contributed by atoms with E-state index in [1.54, 1.807) is 0 Å². The van der Waals surface area contributed by atoms with E-state index >= 15 is 0 Å². The van der Waals surface area contributed by atoms with Gasteiger partial charge in [0.1, 0.15) is 5.70 Å². The smallest absolute Gasteiger partial charge is 0.338 e. The molecular formula is C12H12BrN3O2. The predicted octanol–water partition coefficient (Wildman–Crippen LogP) is 4.27. The molecule has 0 aliphatic rings. The van der Waals surface area contributed by atoms with Gasteiger partial charge in [-0.15, -0.1) is 0 Å². The van der Waals surface area contributed by atoms with E-state index in [-0.39, 0.29) is 5.70 Å². The van der Waals surface area contributed by atoms with Crippen LogP contribution >= 0.6 is 15.9 Å². The van der Waals surface area contributed by atoms with Gasteiger partial charge in [-0.25, -0.2) is 4.79 Å². The Morgan fingerprint density at radius 3 is 2.67 bits per heavy atom. The number of halogens is 1. The number of hydrogen-bond acceptors (Lipinski definition) is 2. The van der Waals surface area contributed by atoms with Crippen molar-refractivity contribution in [3.8, 4) is 0 Å². The second kappa shape index (κ2) is 6.23. The molecule has 0 saturated heterocycles. The second-order valence-corrected chi connectivity index (χ2v) is 4.55. The fourth-order valence-corrected chi connectivity index (χ4v) is 2.20. The molecule has 18 heavy (non-hydrogen) atoms. The fraction of sp³-hybridized carbons (Fsp3) is 0.250. The number of carboxylic acids is 1. The third-order valence-electron chi connectivity index (χ3n) is 2.50. The van der Waals surface area contributed by atoms with Gasteiger partial charge in [-0.05, 0) is 47.7 Å². The molecule has 0 aromatic heterocycles. The van der Waals surface area contributed by atoms with Gasteiger partial charge in [-0.2, -0.15) is 0 Å². The molecule has 6 heteroatoms. The highest BCUT2D eigenvalue weighted by molar-refractivity contribution is 9.10. The highest BCUT2D eigenvalue weighted by atomic mass is 79.9. The number of carbonyl (C=O) groups is 1. The van der Waals surface area contributed by atoms with Gasteiger partial charge < -0.3 is 5.11 Å². The van der Waals surface area contributed by atoms with E-state index < -0.39 is 5.97 Å². The maximum absolute atomic E-state index is 11.1. The van der Waals surface area contributed by atoms with Crippen LogP contribution in [-0.2, 0) is 4.79 Å². The molecule has 0 radical (unpaired) electrons. The molecule has 1 aromatic rings. The Labute approximate surface area is 113 Å². The molecule has 0 atom stereocenters. The summed E-state index contributed by atoms with van der Waals surface area (Å²) in [4.78, 5) is 13.7. The number of nitrogens with zero attached hydrogens (tertiary/aromatic N) is 3. The minimum absolute atomic E-state index is 0.245. The lowest BCUT2D eigenvalue weighted by Gasteiger charge is -2.11. The Hall–Kier alpha value is -1.78. The number of allylic oxidation sites excluding steroid dienone is 1. The molecule has 1 N–H and O–H groups in total. The van der Waals surface area contributed by atoms with E-state index in [1.807, 2.05) is 32.0 Å². The molecule has 5 nitrogen and oxygen atoms in total. The van der Waals surface area contributed by atoms with Gasteiger partial charge in [0.05, 0.1) is 0 Å². The van der Waals surface area contributed by atoms with E-state index in [1.165, 1.54) is 0 Å². The van der Waals surface area contributed by atoms with Gasteiger partial charge in [-0.1, -0.05) is 34.0 Å². The van der Waals surface area contributed by atoms with Crippen LogP contribution in [0.25, 0.3) is 16.0 Å². The van der Waals surface area contributed by atoms with Crippen molar-refractivity contribution in [1.29, 1.82) is 0 Å². The summed E-state index contributed by atoms with van der Waals surface area (Å²) in [5.74, 6) is -1.22. The van der Waals surface area contributed by atoms with Gasteiger partial charge in [0.25, 0.3) is 0 Å². The zero-order valence-corrected chi connectivity index (χ0v) is 11.6. The van der Waals surface area contributed by atoms with Crippen molar-refractivity contribution in [2.45, 2.75) is 20.3 Å². The van der Waals surface area contributed by atoms with Crippen LogP contribution in [0, 0.1) is 6.92 Å². The highest BCUT2D eigenvalue weighted by Gasteiger charge is 2.14. The Morgan fingerprint density at radius 2 is 2.22 bits per heavy atom. The van der Waals surface area contributed by atoms with Crippen molar-refractivity contribution in [3.63, 3.8) is 0 Å². The number of aryl methyl sites for hydroxylation is 1. The number of aliphatic carboxylic acids is 1. The summed E-state index contributed by atoms with van der Waals surface area (Å²) in [5, 5.41) is 12.4. The first-order valence-electron chi connectivity index (χ1n) is 5.29. The normalized spacial score (nSPS) is 11.5. The summed E-state index contributed by atoms with van der Waals surface area (Å²) in [6.45, 7) is 3.71. The summed E-state index contributed by atoms with van der Waals surface area (Å²) >= 11 is 3.35. The average molecular weight is 310 g/mol. The highest BCUT2D eigenvalue weighted by Crippen LogP contribution is 2.28. The maximum atomic E-state index is 11.1. The zero-order chi connectivity index (χ0) is 13.7. The van der Waals surface area contributed by atoms with Crippen LogP contribution in [0.4, 0.5) is 0 Å². The number of benzene rings is 1. The largest absolute Gasteiger partial charge is 0.478 e. The maximum Gasteiger partial charge on any atom is 0.338 e. The molecule has 0 bridgehead atoms. The van der Waals surface area contributed by atoms with E-state index in [4.69, 9.17) is 10.6 Å². The van der Waals surface area contributed by atoms with Crippen molar-refractivity contribution in [2.24, 2.45) is 5.11 Å². The minimum atomic E-state index is -1.22. The number of hydrogen-bond donors (Lipinski definition) is 1. The minimum Gasteiger partial charge on any atom is -0.478 e. The first-order chi connectivity index (χ1) is 8.51. The molecular weight excluding hydrogens is 298 g/mol. The van der Waals surface area contributed by atoms with Gasteiger partial charge in [0.15, 0.2) is 0 Å². The molecule has 1 aromatic carbocycles. The number of rotatable bonds is 4. The average Bonchev–Trinajstić information content (AvgIpc) is 2.31. The Bertz CT molecular complexity index is 556. The van der Waals surface area contributed by atoms with Crippen LogP contribution in [-0.4, -0.2) is 11.1 Å². The van der Waals surface area contributed by atoms with E-state index in [9.17, 15) is 4.79 Å². The summed E-state index contributed by atoms with van der Waals surface area (Å²) in [6.07, 6.45) is 0.475. The number of carboxylic acid groups (broad SMARTS) is 1. The molecule has 1 rings (SSSR count). The summed E-state index contributed by atoms with van der Waals surface area (Å²) in [5.41, 5.74) is 10.4. The van der Waals surface area contributed by atoms with E-state index in [0.29, 0.717) is 12.0 Å². The van der Waals surface area contributed by atoms with Crippen molar-refractivity contribution in [2.75, 3.05) is 0 Å². The van der Waals surface area contributed by atoms with Crippen LogP contribution < -0.4 is 0 Å². The van der Waals surface area contributed by atoms with Gasteiger partial charge >= 0.3 is 5.97 Å². The third kappa shape index (κ3) is 3.12. The topological polar surface area (TPSA) is 86.1 Å². The predicted molar refractivity (Wildman–Crippen MR) is 72.9 cm³/mol. The van der Waals surface area contributed by atoms with Crippen molar-refractivity contribution < 1.29 is 9.90 Å². The molecule has 0 aliphatic heterocycles. The molecule has 0 unspecified atom stereocenters. The van der Waals surface area contributed by atoms with E-state index in [0.717, 1.165) is 15.6 Å². The van der Waals surface area contributed by atoms with Crippen LogP contribution in [0.2, 0.25) is 0 Å². The molecule has 0 heterocycles. The van der Waals surface area contributed by atoms with Crippen molar-refractivity contribution in [3.05, 3.63) is 49.9 Å². The summed E-state index contributed by atoms with van der Waals surface area (Å²) in [7, 11) is 0.